The minimum atomic E-state index is -0.996. The fraction of sp³-hybridized carbons (Fsp3) is 0.444. The van der Waals surface area contributed by atoms with Gasteiger partial charge in [0.05, 0.1) is 6.10 Å². The highest BCUT2D eigenvalue weighted by molar-refractivity contribution is 5.87. The standard InChI is InChI=1S/C27H32N2O6/c1-4-34-23-14-29(13-21(23)26(31)32)25(30)24(16(2)3)28-27(33)35-15-22-19-11-7-5-9-17(19)18-10-6-8-12-20(18)22/h5-12,16,21-24H,4,13-15H2,1-3H3,(H,28,33)(H,31,32)/t21?,23?,24-/m1/s1. The molecule has 1 heterocycles. The van der Waals surface area contributed by atoms with Crippen LogP contribution in [0.15, 0.2) is 48.5 Å². The van der Waals surface area contributed by atoms with Crippen LogP contribution in [0, 0.1) is 11.8 Å². The first-order chi connectivity index (χ1) is 16.8. The van der Waals surface area contributed by atoms with Crippen LogP contribution < -0.4 is 5.32 Å². The molecule has 1 fully saturated rings. The molecular formula is C27H32N2O6. The third-order valence-corrected chi connectivity index (χ3v) is 6.83. The van der Waals surface area contributed by atoms with Gasteiger partial charge in [-0.15, -0.1) is 0 Å². The molecule has 1 aliphatic carbocycles. The number of nitrogens with one attached hydrogen (secondary N) is 1. The number of alkyl carbamates (subject to hydrolysis) is 1. The summed E-state index contributed by atoms with van der Waals surface area (Å²) in [6.45, 7) is 6.19. The number of amides is 2. The normalized spacial score (nSPS) is 19.8. The zero-order chi connectivity index (χ0) is 25.1. The van der Waals surface area contributed by atoms with Crippen LogP contribution in [0.1, 0.15) is 37.8 Å². The Balaban J connectivity index is 1.41. The molecule has 2 unspecified atom stereocenters. The molecular weight excluding hydrogens is 448 g/mol. The number of hydrogen-bond donors (Lipinski definition) is 2. The largest absolute Gasteiger partial charge is 0.481 e. The highest BCUT2D eigenvalue weighted by atomic mass is 16.5. The number of fused-ring (bicyclic) bond motifs is 3. The van der Waals surface area contributed by atoms with Crippen LogP contribution in [0.3, 0.4) is 0 Å². The van der Waals surface area contributed by atoms with Crippen molar-refractivity contribution in [2.75, 3.05) is 26.3 Å². The molecule has 1 saturated heterocycles. The molecule has 0 spiro atoms. The summed E-state index contributed by atoms with van der Waals surface area (Å²) in [5, 5.41) is 12.2. The summed E-state index contributed by atoms with van der Waals surface area (Å²) >= 11 is 0. The summed E-state index contributed by atoms with van der Waals surface area (Å²) in [5.41, 5.74) is 4.49. The van der Waals surface area contributed by atoms with E-state index in [1.165, 1.54) is 4.90 Å². The van der Waals surface area contributed by atoms with E-state index in [0.717, 1.165) is 22.3 Å². The Morgan fingerprint density at radius 3 is 2.17 bits per heavy atom. The van der Waals surface area contributed by atoms with Crippen LogP contribution in [0.2, 0.25) is 0 Å². The Morgan fingerprint density at radius 2 is 1.63 bits per heavy atom. The van der Waals surface area contributed by atoms with Gasteiger partial charge in [-0.2, -0.15) is 0 Å². The smallest absolute Gasteiger partial charge is 0.407 e. The van der Waals surface area contributed by atoms with Crippen molar-refractivity contribution in [3.63, 3.8) is 0 Å². The minimum Gasteiger partial charge on any atom is -0.481 e. The van der Waals surface area contributed by atoms with Gasteiger partial charge in [0.1, 0.15) is 18.6 Å². The molecule has 0 radical (unpaired) electrons. The number of benzene rings is 2. The van der Waals surface area contributed by atoms with E-state index in [-0.39, 0.29) is 37.4 Å². The Labute approximate surface area is 205 Å². The second-order valence-corrected chi connectivity index (χ2v) is 9.37. The lowest BCUT2D eigenvalue weighted by Gasteiger charge is -2.27. The fourth-order valence-electron chi connectivity index (χ4n) is 5.05. The number of nitrogens with zero attached hydrogens (tertiary/aromatic N) is 1. The third kappa shape index (κ3) is 5.03. The molecule has 3 atom stereocenters. The van der Waals surface area contributed by atoms with Gasteiger partial charge in [-0.25, -0.2) is 4.79 Å². The van der Waals surface area contributed by atoms with Crippen LogP contribution in [-0.2, 0) is 19.1 Å². The number of carbonyl (C=O) groups excluding carboxylic acids is 2. The van der Waals surface area contributed by atoms with Gasteiger partial charge in [-0.1, -0.05) is 62.4 Å². The molecule has 2 aromatic carbocycles. The second kappa shape index (κ2) is 10.5. The number of aliphatic carboxylic acids is 1. The molecule has 0 bridgehead atoms. The first-order valence-corrected chi connectivity index (χ1v) is 12.1. The summed E-state index contributed by atoms with van der Waals surface area (Å²) in [6.07, 6.45) is -1.24. The zero-order valence-corrected chi connectivity index (χ0v) is 20.3. The first kappa shape index (κ1) is 24.7. The zero-order valence-electron chi connectivity index (χ0n) is 20.3. The summed E-state index contributed by atoms with van der Waals surface area (Å²) in [7, 11) is 0. The van der Waals surface area contributed by atoms with Crippen molar-refractivity contribution in [2.45, 2.75) is 38.8 Å². The fourth-order valence-corrected chi connectivity index (χ4v) is 5.05. The van der Waals surface area contributed by atoms with Gasteiger partial charge in [0.15, 0.2) is 0 Å². The average molecular weight is 481 g/mol. The molecule has 1 aliphatic heterocycles. The summed E-state index contributed by atoms with van der Waals surface area (Å²) in [5.74, 6) is -2.41. The van der Waals surface area contributed by atoms with Crippen molar-refractivity contribution >= 4 is 18.0 Å². The molecule has 8 heteroatoms. The van der Waals surface area contributed by atoms with E-state index < -0.39 is 30.1 Å². The minimum absolute atomic E-state index is 0.0500. The predicted molar refractivity (Wildman–Crippen MR) is 130 cm³/mol. The van der Waals surface area contributed by atoms with Gasteiger partial charge in [0.2, 0.25) is 5.91 Å². The molecule has 8 nitrogen and oxygen atoms in total. The van der Waals surface area contributed by atoms with Gasteiger partial charge in [-0.05, 0) is 35.1 Å². The van der Waals surface area contributed by atoms with E-state index in [1.54, 1.807) is 6.92 Å². The van der Waals surface area contributed by atoms with E-state index >= 15 is 0 Å². The highest BCUT2D eigenvalue weighted by Gasteiger charge is 2.42. The molecule has 186 valence electrons. The van der Waals surface area contributed by atoms with Crippen molar-refractivity contribution in [1.82, 2.24) is 10.2 Å². The van der Waals surface area contributed by atoms with Gasteiger partial charge in [-0.3, -0.25) is 9.59 Å². The number of hydrogen-bond acceptors (Lipinski definition) is 5. The van der Waals surface area contributed by atoms with Crippen molar-refractivity contribution in [3.8, 4) is 11.1 Å². The molecule has 0 saturated carbocycles. The van der Waals surface area contributed by atoms with Crippen LogP contribution in [-0.4, -0.2) is 66.4 Å². The van der Waals surface area contributed by atoms with Gasteiger partial charge >= 0.3 is 12.1 Å². The lowest BCUT2D eigenvalue weighted by molar-refractivity contribution is -0.145. The first-order valence-electron chi connectivity index (χ1n) is 12.1. The monoisotopic (exact) mass is 480 g/mol. The Hall–Kier alpha value is -3.39. The lowest BCUT2D eigenvalue weighted by atomic mass is 9.98. The topological polar surface area (TPSA) is 105 Å². The van der Waals surface area contributed by atoms with Crippen molar-refractivity contribution in [1.29, 1.82) is 0 Å². The number of ether oxygens (including phenoxy) is 2. The van der Waals surface area contributed by atoms with E-state index in [1.807, 2.05) is 50.2 Å². The van der Waals surface area contributed by atoms with E-state index in [9.17, 15) is 19.5 Å². The summed E-state index contributed by atoms with van der Waals surface area (Å²) in [6, 6.07) is 15.3. The molecule has 35 heavy (non-hydrogen) atoms. The maximum absolute atomic E-state index is 13.2. The van der Waals surface area contributed by atoms with Gasteiger partial charge in [0.25, 0.3) is 0 Å². The molecule has 4 rings (SSSR count). The van der Waals surface area contributed by atoms with E-state index in [2.05, 4.69) is 17.4 Å². The molecule has 2 N–H and O–H groups in total. The molecule has 2 amide bonds. The number of carboxylic acid groups (broad SMARTS) is 1. The number of likely N-dealkylation sites (tertiary alicyclic amines) is 1. The van der Waals surface area contributed by atoms with Gasteiger partial charge in [0, 0.05) is 25.6 Å². The van der Waals surface area contributed by atoms with Crippen LogP contribution in [0.25, 0.3) is 11.1 Å². The third-order valence-electron chi connectivity index (χ3n) is 6.83. The second-order valence-electron chi connectivity index (χ2n) is 9.37. The highest BCUT2D eigenvalue weighted by Crippen LogP contribution is 2.44. The average Bonchev–Trinajstić information content (AvgIpc) is 3.40. The summed E-state index contributed by atoms with van der Waals surface area (Å²) < 4.78 is 11.2. The maximum atomic E-state index is 13.2. The molecule has 0 aromatic heterocycles. The lowest BCUT2D eigenvalue weighted by Crippen LogP contribution is -2.51. The maximum Gasteiger partial charge on any atom is 0.407 e. The van der Waals surface area contributed by atoms with Crippen LogP contribution in [0.4, 0.5) is 4.79 Å². The Morgan fingerprint density at radius 1 is 1.03 bits per heavy atom. The van der Waals surface area contributed by atoms with Gasteiger partial charge < -0.3 is 24.8 Å². The van der Waals surface area contributed by atoms with Crippen molar-refractivity contribution in [3.05, 3.63) is 59.7 Å². The van der Waals surface area contributed by atoms with E-state index in [4.69, 9.17) is 9.47 Å². The van der Waals surface area contributed by atoms with Crippen molar-refractivity contribution in [2.24, 2.45) is 11.8 Å². The number of carboxylic acids is 1. The quantitative estimate of drug-likeness (QED) is 0.599. The van der Waals surface area contributed by atoms with Crippen LogP contribution >= 0.6 is 0 Å². The SMILES string of the molecule is CCOC1CN(C(=O)[C@H](NC(=O)OCC2c3ccccc3-c3ccccc32)C(C)C)CC1C(=O)O. The molecule has 2 aromatic rings. The van der Waals surface area contributed by atoms with Crippen LogP contribution in [0.5, 0.6) is 0 Å². The summed E-state index contributed by atoms with van der Waals surface area (Å²) in [4.78, 5) is 39.1. The van der Waals surface area contributed by atoms with Crippen molar-refractivity contribution < 1.29 is 29.0 Å². The Kier molecular flexibility index (Phi) is 7.40. The number of rotatable bonds is 8. The molecule has 2 aliphatic rings. The number of carbonyl (C=O) groups is 3. The van der Waals surface area contributed by atoms with E-state index in [0.29, 0.717) is 6.61 Å². The Bertz CT molecular complexity index is 1060. The predicted octanol–water partition coefficient (Wildman–Crippen LogP) is 3.50.